The van der Waals surface area contributed by atoms with E-state index < -0.39 is 5.91 Å². The van der Waals surface area contributed by atoms with E-state index in [1.165, 1.54) is 0 Å². The summed E-state index contributed by atoms with van der Waals surface area (Å²) < 4.78 is 1.76. The van der Waals surface area contributed by atoms with E-state index in [2.05, 4.69) is 4.99 Å². The third-order valence-electron chi connectivity index (χ3n) is 2.85. The van der Waals surface area contributed by atoms with Gasteiger partial charge in [-0.1, -0.05) is 11.6 Å². The number of halogens is 2. The highest BCUT2D eigenvalue weighted by Gasteiger charge is 2.18. The number of carbonyl (C=O) groups is 1. The van der Waals surface area contributed by atoms with E-state index in [1.54, 1.807) is 17.7 Å². The lowest BCUT2D eigenvalue weighted by Crippen LogP contribution is -2.24. The van der Waals surface area contributed by atoms with Gasteiger partial charge >= 0.3 is 0 Å². The summed E-state index contributed by atoms with van der Waals surface area (Å²) in [6, 6.07) is 5.45. The van der Waals surface area contributed by atoms with Gasteiger partial charge in [-0.25, -0.2) is 0 Å². The smallest absolute Gasteiger partial charge is 0.297 e. The standard InChI is InChI=1S/C12H13ClN4O.ClH/c1-6-8-5-7(13)3-4-9(8)17(2)10(6)11(18)16-12(14)15;/h3-5H,1-2H3,(H4,14,15,16,18);1H. The molecule has 0 aliphatic heterocycles. The molecule has 1 amide bonds. The van der Waals surface area contributed by atoms with Gasteiger partial charge in [0, 0.05) is 23.0 Å². The zero-order chi connectivity index (χ0) is 13.4. The summed E-state index contributed by atoms with van der Waals surface area (Å²) >= 11 is 5.95. The molecule has 0 saturated heterocycles. The van der Waals surface area contributed by atoms with Crippen molar-refractivity contribution < 1.29 is 4.79 Å². The number of carbonyl (C=O) groups excluding carboxylic acids is 1. The molecule has 2 aromatic rings. The van der Waals surface area contributed by atoms with Gasteiger partial charge in [0.2, 0.25) is 0 Å². The number of rotatable bonds is 1. The highest BCUT2D eigenvalue weighted by molar-refractivity contribution is 6.31. The number of benzene rings is 1. The van der Waals surface area contributed by atoms with Crippen LogP contribution in [0.15, 0.2) is 23.2 Å². The summed E-state index contributed by atoms with van der Waals surface area (Å²) in [5.41, 5.74) is 12.6. The second-order valence-electron chi connectivity index (χ2n) is 4.04. The Balaban J connectivity index is 0.00000180. The predicted octanol–water partition coefficient (Wildman–Crippen LogP) is 1.98. The van der Waals surface area contributed by atoms with Crippen LogP contribution in [-0.2, 0) is 7.05 Å². The minimum Gasteiger partial charge on any atom is -0.370 e. The largest absolute Gasteiger partial charge is 0.370 e. The van der Waals surface area contributed by atoms with Gasteiger partial charge in [-0.05, 0) is 30.7 Å². The fraction of sp³-hybridized carbons (Fsp3) is 0.167. The number of aromatic nitrogens is 1. The molecule has 0 fully saturated rings. The van der Waals surface area contributed by atoms with Crippen molar-refractivity contribution in [2.75, 3.05) is 0 Å². The van der Waals surface area contributed by atoms with Gasteiger partial charge in [-0.3, -0.25) is 4.79 Å². The third-order valence-corrected chi connectivity index (χ3v) is 3.08. The number of amides is 1. The van der Waals surface area contributed by atoms with Crippen molar-refractivity contribution >= 4 is 46.8 Å². The quantitative estimate of drug-likeness (QED) is 0.623. The number of nitrogens with zero attached hydrogens (tertiary/aromatic N) is 2. The topological polar surface area (TPSA) is 86.4 Å². The van der Waals surface area contributed by atoms with Gasteiger partial charge in [0.25, 0.3) is 5.91 Å². The minimum absolute atomic E-state index is 0. The number of aliphatic imine (C=N–C) groups is 1. The molecular formula is C12H14Cl2N4O. The van der Waals surface area contributed by atoms with Crippen molar-refractivity contribution in [2.45, 2.75) is 6.92 Å². The number of nitrogens with two attached hydrogens (primary N) is 2. The monoisotopic (exact) mass is 300 g/mol. The second kappa shape index (κ2) is 5.50. The van der Waals surface area contributed by atoms with Crippen LogP contribution >= 0.6 is 24.0 Å². The third kappa shape index (κ3) is 2.67. The molecule has 0 radical (unpaired) electrons. The molecule has 0 bridgehead atoms. The molecule has 0 aliphatic carbocycles. The fourth-order valence-electron chi connectivity index (χ4n) is 2.07. The van der Waals surface area contributed by atoms with E-state index >= 15 is 0 Å². The molecule has 4 N–H and O–H groups in total. The molecule has 1 aromatic heterocycles. The summed E-state index contributed by atoms with van der Waals surface area (Å²) in [7, 11) is 1.79. The van der Waals surface area contributed by atoms with Crippen molar-refractivity contribution in [3.8, 4) is 0 Å². The lowest BCUT2D eigenvalue weighted by molar-refractivity contribution is 0.0995. The zero-order valence-electron chi connectivity index (χ0n) is 10.5. The van der Waals surface area contributed by atoms with Crippen molar-refractivity contribution in [2.24, 2.45) is 23.5 Å². The first-order chi connectivity index (χ1) is 8.41. The Labute approximate surface area is 121 Å². The number of fused-ring (bicyclic) bond motifs is 1. The van der Waals surface area contributed by atoms with Crippen LogP contribution in [0.3, 0.4) is 0 Å². The first-order valence-electron chi connectivity index (χ1n) is 5.30. The van der Waals surface area contributed by atoms with Crippen LogP contribution in [0.4, 0.5) is 0 Å². The molecule has 19 heavy (non-hydrogen) atoms. The van der Waals surface area contributed by atoms with Gasteiger partial charge in [0.05, 0.1) is 0 Å². The van der Waals surface area contributed by atoms with Crippen LogP contribution in [0.2, 0.25) is 5.02 Å². The SMILES string of the molecule is Cc1c(C(=O)N=C(N)N)n(C)c2ccc(Cl)cc12.Cl. The molecule has 0 aliphatic rings. The average Bonchev–Trinajstić information content (AvgIpc) is 2.50. The Morgan fingerprint density at radius 1 is 1.37 bits per heavy atom. The normalized spacial score (nSPS) is 10.1. The summed E-state index contributed by atoms with van der Waals surface area (Å²) in [6.07, 6.45) is 0. The van der Waals surface area contributed by atoms with Crippen molar-refractivity contribution in [3.05, 3.63) is 34.5 Å². The van der Waals surface area contributed by atoms with Crippen LogP contribution < -0.4 is 11.5 Å². The van der Waals surface area contributed by atoms with Gasteiger partial charge in [-0.15, -0.1) is 12.4 Å². The highest BCUT2D eigenvalue weighted by Crippen LogP contribution is 2.27. The van der Waals surface area contributed by atoms with E-state index in [-0.39, 0.29) is 18.4 Å². The molecule has 0 saturated carbocycles. The molecule has 0 unspecified atom stereocenters. The molecule has 5 nitrogen and oxygen atoms in total. The average molecular weight is 301 g/mol. The van der Waals surface area contributed by atoms with Crippen LogP contribution in [0.1, 0.15) is 16.1 Å². The lowest BCUT2D eigenvalue weighted by Gasteiger charge is -2.01. The molecule has 1 aromatic carbocycles. The summed E-state index contributed by atoms with van der Waals surface area (Å²) in [5.74, 6) is -0.704. The number of aryl methyl sites for hydroxylation is 2. The van der Waals surface area contributed by atoms with Crippen molar-refractivity contribution in [1.82, 2.24) is 4.57 Å². The Bertz CT molecular complexity index is 672. The van der Waals surface area contributed by atoms with Gasteiger partial charge in [-0.2, -0.15) is 4.99 Å². The van der Waals surface area contributed by atoms with Crippen LogP contribution in [0, 0.1) is 6.92 Å². The first-order valence-corrected chi connectivity index (χ1v) is 5.68. The van der Waals surface area contributed by atoms with Gasteiger partial charge in [0.1, 0.15) is 5.69 Å². The summed E-state index contributed by atoms with van der Waals surface area (Å²) in [5, 5.41) is 1.54. The van der Waals surface area contributed by atoms with Gasteiger partial charge in [0.15, 0.2) is 5.96 Å². The number of guanidine groups is 1. The minimum atomic E-state index is -0.456. The summed E-state index contributed by atoms with van der Waals surface area (Å²) in [6.45, 7) is 1.84. The second-order valence-corrected chi connectivity index (χ2v) is 4.47. The molecule has 2 rings (SSSR count). The fourth-order valence-corrected chi connectivity index (χ4v) is 2.25. The van der Waals surface area contributed by atoms with Crippen molar-refractivity contribution in [1.29, 1.82) is 0 Å². The van der Waals surface area contributed by atoms with E-state index in [0.29, 0.717) is 10.7 Å². The predicted molar refractivity (Wildman–Crippen MR) is 80.1 cm³/mol. The maximum absolute atomic E-state index is 12.0. The molecule has 1 heterocycles. The van der Waals surface area contributed by atoms with E-state index in [1.807, 2.05) is 19.1 Å². The van der Waals surface area contributed by atoms with Crippen molar-refractivity contribution in [3.63, 3.8) is 0 Å². The Kier molecular flexibility index (Phi) is 4.44. The van der Waals surface area contributed by atoms with Crippen LogP contribution in [-0.4, -0.2) is 16.4 Å². The Morgan fingerprint density at radius 3 is 2.58 bits per heavy atom. The van der Waals surface area contributed by atoms with Crippen LogP contribution in [0.5, 0.6) is 0 Å². The Morgan fingerprint density at radius 2 is 2.00 bits per heavy atom. The molecule has 0 spiro atoms. The molecule has 0 atom stereocenters. The van der Waals surface area contributed by atoms with E-state index in [4.69, 9.17) is 23.1 Å². The molecule has 102 valence electrons. The number of hydrogen-bond donors (Lipinski definition) is 2. The van der Waals surface area contributed by atoms with E-state index in [9.17, 15) is 4.79 Å². The first kappa shape index (κ1) is 15.3. The maximum Gasteiger partial charge on any atom is 0.297 e. The number of hydrogen-bond acceptors (Lipinski definition) is 1. The molecular weight excluding hydrogens is 287 g/mol. The highest BCUT2D eigenvalue weighted by atomic mass is 35.5. The zero-order valence-corrected chi connectivity index (χ0v) is 12.0. The van der Waals surface area contributed by atoms with E-state index in [0.717, 1.165) is 16.5 Å². The van der Waals surface area contributed by atoms with Gasteiger partial charge < -0.3 is 16.0 Å². The molecule has 7 heteroatoms. The lowest BCUT2D eigenvalue weighted by atomic mass is 10.1. The summed E-state index contributed by atoms with van der Waals surface area (Å²) in [4.78, 5) is 15.5. The Hall–Kier alpha value is -1.72. The van der Waals surface area contributed by atoms with Crippen LogP contribution in [0.25, 0.3) is 10.9 Å². The maximum atomic E-state index is 12.0.